The zero-order valence-corrected chi connectivity index (χ0v) is 13.9. The average molecular weight is 371 g/mol. The first-order valence-electron chi connectivity index (χ1n) is 6.22. The summed E-state index contributed by atoms with van der Waals surface area (Å²) in [7, 11) is 1.77. The van der Waals surface area contributed by atoms with Crippen molar-refractivity contribution in [3.8, 4) is 0 Å². The van der Waals surface area contributed by atoms with Crippen molar-refractivity contribution in [2.75, 3.05) is 12.8 Å². The van der Waals surface area contributed by atoms with E-state index in [1.165, 1.54) is 11.8 Å². The minimum Gasteiger partial charge on any atom is -0.415 e. The van der Waals surface area contributed by atoms with Crippen LogP contribution in [0.4, 0.5) is 0 Å². The fraction of sp³-hybridized carbons (Fsp3) is 0.308. The number of carbonyl (C=O) groups is 1. The number of benzene rings is 1. The minimum atomic E-state index is -0.0109. The Balaban J connectivity index is 1.86. The van der Waals surface area contributed by atoms with E-state index in [1.54, 1.807) is 11.9 Å². The maximum absolute atomic E-state index is 12.1. The highest BCUT2D eigenvalue weighted by Gasteiger charge is 2.13. The Hall–Kier alpha value is -1.38. The normalized spacial score (nSPS) is 10.6. The van der Waals surface area contributed by atoms with Crippen LogP contribution in [0.5, 0.6) is 0 Å². The molecule has 0 aliphatic carbocycles. The van der Waals surface area contributed by atoms with Crippen molar-refractivity contribution in [3.63, 3.8) is 0 Å². The van der Waals surface area contributed by atoms with Gasteiger partial charge >= 0.3 is 0 Å². The summed E-state index contributed by atoms with van der Waals surface area (Å²) in [4.78, 5) is 13.7. The van der Waals surface area contributed by atoms with Crippen LogP contribution in [0.2, 0.25) is 0 Å². The molecule has 2 N–H and O–H groups in total. The van der Waals surface area contributed by atoms with Gasteiger partial charge in [0.05, 0.1) is 12.3 Å². The first-order chi connectivity index (χ1) is 10.1. The molecule has 0 atom stereocenters. The van der Waals surface area contributed by atoms with Crippen molar-refractivity contribution < 1.29 is 9.21 Å². The van der Waals surface area contributed by atoms with Crippen molar-refractivity contribution in [3.05, 3.63) is 40.2 Å². The Kier molecular flexibility index (Phi) is 5.77. The molecule has 21 heavy (non-hydrogen) atoms. The third-order valence-corrected chi connectivity index (χ3v) is 4.31. The van der Waals surface area contributed by atoms with E-state index in [1.807, 2.05) is 24.3 Å². The number of nitrogens with zero attached hydrogens (tertiary/aromatic N) is 3. The van der Waals surface area contributed by atoms with Gasteiger partial charge in [-0.1, -0.05) is 45.9 Å². The van der Waals surface area contributed by atoms with Crippen molar-refractivity contribution in [1.29, 1.82) is 0 Å². The highest BCUT2D eigenvalue weighted by atomic mass is 79.9. The summed E-state index contributed by atoms with van der Waals surface area (Å²) in [6.45, 7) is 0.738. The SMILES string of the molecule is CN(Cc1ccccc1Br)C(=O)CSc1nnc(CN)o1. The van der Waals surface area contributed by atoms with E-state index in [-0.39, 0.29) is 18.2 Å². The second-order valence-electron chi connectivity index (χ2n) is 4.30. The second-order valence-corrected chi connectivity index (χ2v) is 6.08. The lowest BCUT2D eigenvalue weighted by atomic mass is 10.2. The monoisotopic (exact) mass is 370 g/mol. The van der Waals surface area contributed by atoms with Crippen LogP contribution in [0.25, 0.3) is 0 Å². The van der Waals surface area contributed by atoms with Crippen LogP contribution >= 0.6 is 27.7 Å². The predicted molar refractivity (Wildman–Crippen MR) is 83.5 cm³/mol. The molecule has 2 aromatic rings. The summed E-state index contributed by atoms with van der Waals surface area (Å²) in [5, 5.41) is 7.91. The van der Waals surface area contributed by atoms with Crippen LogP contribution in [-0.4, -0.2) is 33.8 Å². The number of hydrogen-bond donors (Lipinski definition) is 1. The van der Waals surface area contributed by atoms with Gasteiger partial charge in [-0.25, -0.2) is 0 Å². The molecule has 0 bridgehead atoms. The second kappa shape index (κ2) is 7.58. The highest BCUT2D eigenvalue weighted by Crippen LogP contribution is 2.19. The third-order valence-electron chi connectivity index (χ3n) is 2.73. The van der Waals surface area contributed by atoms with Gasteiger partial charge in [-0.15, -0.1) is 10.2 Å². The van der Waals surface area contributed by atoms with Gasteiger partial charge in [0.25, 0.3) is 5.22 Å². The van der Waals surface area contributed by atoms with Crippen LogP contribution in [0.1, 0.15) is 11.5 Å². The molecule has 112 valence electrons. The standard InChI is InChI=1S/C13H15BrN4O2S/c1-18(7-9-4-2-3-5-10(9)14)12(19)8-21-13-17-16-11(6-15)20-13/h2-5H,6-8,15H2,1H3. The number of amides is 1. The molecule has 0 unspecified atom stereocenters. The molecule has 0 aliphatic heterocycles. The first kappa shape index (κ1) is 16.0. The summed E-state index contributed by atoms with van der Waals surface area (Å²) in [5.41, 5.74) is 6.44. The predicted octanol–water partition coefficient (Wildman–Crippen LogP) is 2.04. The Morgan fingerprint density at radius 2 is 2.19 bits per heavy atom. The molecule has 0 fully saturated rings. The van der Waals surface area contributed by atoms with E-state index < -0.39 is 0 Å². The molecule has 1 heterocycles. The number of carbonyl (C=O) groups excluding carboxylic acids is 1. The van der Waals surface area contributed by atoms with Crippen LogP contribution in [-0.2, 0) is 17.9 Å². The molecular weight excluding hydrogens is 356 g/mol. The molecular formula is C13H15BrN4O2S. The maximum atomic E-state index is 12.1. The van der Waals surface area contributed by atoms with E-state index in [9.17, 15) is 4.79 Å². The van der Waals surface area contributed by atoms with Crippen molar-refractivity contribution in [1.82, 2.24) is 15.1 Å². The number of aromatic nitrogens is 2. The van der Waals surface area contributed by atoms with Gasteiger partial charge < -0.3 is 15.1 Å². The molecule has 8 heteroatoms. The third kappa shape index (κ3) is 4.55. The van der Waals surface area contributed by atoms with Crippen LogP contribution < -0.4 is 5.73 Å². The number of nitrogens with two attached hydrogens (primary N) is 1. The van der Waals surface area contributed by atoms with Gasteiger partial charge in [0.1, 0.15) is 0 Å². The lowest BCUT2D eigenvalue weighted by molar-refractivity contribution is -0.127. The Morgan fingerprint density at radius 3 is 2.86 bits per heavy atom. The van der Waals surface area contributed by atoms with Gasteiger partial charge in [-0.2, -0.15) is 0 Å². The summed E-state index contributed by atoms with van der Waals surface area (Å²) in [5.74, 6) is 0.599. The van der Waals surface area contributed by atoms with E-state index in [0.29, 0.717) is 17.7 Å². The molecule has 1 aromatic heterocycles. The van der Waals surface area contributed by atoms with E-state index in [0.717, 1.165) is 10.0 Å². The molecule has 0 spiro atoms. The van der Waals surface area contributed by atoms with Crippen LogP contribution in [0.15, 0.2) is 38.4 Å². The molecule has 2 rings (SSSR count). The zero-order chi connectivity index (χ0) is 15.2. The average Bonchev–Trinajstić information content (AvgIpc) is 2.95. The van der Waals surface area contributed by atoms with Crippen molar-refractivity contribution in [2.24, 2.45) is 5.73 Å². The summed E-state index contributed by atoms with van der Waals surface area (Å²) >= 11 is 4.68. The van der Waals surface area contributed by atoms with E-state index in [2.05, 4.69) is 26.1 Å². The summed E-state index contributed by atoms with van der Waals surface area (Å²) in [6.07, 6.45) is 0. The Morgan fingerprint density at radius 1 is 1.43 bits per heavy atom. The molecule has 0 saturated heterocycles. The van der Waals surface area contributed by atoms with Gasteiger partial charge in [-0.3, -0.25) is 4.79 Å². The molecule has 1 amide bonds. The number of thioether (sulfide) groups is 1. The number of halogens is 1. The quantitative estimate of drug-likeness (QED) is 0.783. The Bertz CT molecular complexity index is 620. The molecule has 0 radical (unpaired) electrons. The summed E-state index contributed by atoms with van der Waals surface area (Å²) < 4.78 is 6.23. The minimum absolute atomic E-state index is 0.0109. The van der Waals surface area contributed by atoms with Gasteiger partial charge in [0.15, 0.2) is 0 Å². The number of rotatable bonds is 6. The van der Waals surface area contributed by atoms with Crippen LogP contribution in [0, 0.1) is 0 Å². The summed E-state index contributed by atoms with van der Waals surface area (Å²) in [6, 6.07) is 7.82. The van der Waals surface area contributed by atoms with Crippen molar-refractivity contribution >= 4 is 33.6 Å². The first-order valence-corrected chi connectivity index (χ1v) is 8.00. The van der Waals surface area contributed by atoms with Gasteiger partial charge in [-0.05, 0) is 11.6 Å². The molecule has 6 nitrogen and oxygen atoms in total. The van der Waals surface area contributed by atoms with Gasteiger partial charge in [0.2, 0.25) is 11.8 Å². The van der Waals surface area contributed by atoms with Gasteiger partial charge in [0, 0.05) is 18.1 Å². The lowest BCUT2D eigenvalue weighted by Crippen LogP contribution is -2.27. The fourth-order valence-corrected chi connectivity index (χ4v) is 2.71. The zero-order valence-electron chi connectivity index (χ0n) is 11.5. The topological polar surface area (TPSA) is 85.2 Å². The van der Waals surface area contributed by atoms with Crippen molar-refractivity contribution in [2.45, 2.75) is 18.3 Å². The fourth-order valence-electron chi connectivity index (χ4n) is 1.58. The highest BCUT2D eigenvalue weighted by molar-refractivity contribution is 9.10. The largest absolute Gasteiger partial charge is 0.415 e. The lowest BCUT2D eigenvalue weighted by Gasteiger charge is -2.17. The Labute approximate surface area is 135 Å². The maximum Gasteiger partial charge on any atom is 0.277 e. The molecule has 1 aromatic carbocycles. The van der Waals surface area contributed by atoms with Crippen LogP contribution in [0.3, 0.4) is 0 Å². The number of hydrogen-bond acceptors (Lipinski definition) is 6. The van der Waals surface area contributed by atoms with E-state index >= 15 is 0 Å². The smallest absolute Gasteiger partial charge is 0.277 e. The molecule has 0 aliphatic rings. The van der Waals surface area contributed by atoms with E-state index in [4.69, 9.17) is 10.2 Å². The molecule has 0 saturated carbocycles.